The van der Waals surface area contributed by atoms with Gasteiger partial charge in [-0.25, -0.2) is 0 Å². The van der Waals surface area contributed by atoms with E-state index in [4.69, 9.17) is 0 Å². The molecule has 3 rings (SSSR count). The maximum Gasteiger partial charge on any atom is 0.0526 e. The lowest BCUT2D eigenvalue weighted by Gasteiger charge is -2.11. The van der Waals surface area contributed by atoms with Gasteiger partial charge in [0.05, 0.1) is 5.52 Å². The smallest absolute Gasteiger partial charge is 0.0526 e. The Labute approximate surface area is 139 Å². The van der Waals surface area contributed by atoms with Crippen molar-refractivity contribution >= 4 is 21.8 Å². The molecule has 1 unspecified atom stereocenters. The molecule has 0 aliphatic carbocycles. The third-order valence-electron chi connectivity index (χ3n) is 5.04. The fourth-order valence-electron chi connectivity index (χ4n) is 3.48. The Kier molecular flexibility index (Phi) is 4.56. The van der Waals surface area contributed by atoms with Crippen molar-refractivity contribution in [3.63, 3.8) is 0 Å². The number of rotatable bonds is 6. The highest BCUT2D eigenvalue weighted by Gasteiger charge is 2.13. The first-order valence-corrected chi connectivity index (χ1v) is 8.77. The molecule has 0 radical (unpaired) electrons. The quantitative estimate of drug-likeness (QED) is 0.473. The Bertz CT molecular complexity index is 838. The van der Waals surface area contributed by atoms with Crippen molar-refractivity contribution in [1.29, 1.82) is 0 Å². The van der Waals surface area contributed by atoms with Gasteiger partial charge in [0, 0.05) is 22.8 Å². The molecule has 1 heterocycles. The van der Waals surface area contributed by atoms with Crippen LogP contribution in [0.2, 0.25) is 0 Å². The zero-order valence-electron chi connectivity index (χ0n) is 14.6. The Morgan fingerprint density at radius 2 is 2.00 bits per heavy atom. The van der Waals surface area contributed by atoms with Crippen molar-refractivity contribution in [2.75, 3.05) is 0 Å². The molecule has 1 atom stereocenters. The van der Waals surface area contributed by atoms with Gasteiger partial charge in [-0.1, -0.05) is 56.2 Å². The minimum Gasteiger partial charge on any atom is -0.336 e. The summed E-state index contributed by atoms with van der Waals surface area (Å²) in [6, 6.07) is 13.6. The van der Waals surface area contributed by atoms with Gasteiger partial charge in [0.15, 0.2) is 0 Å². The van der Waals surface area contributed by atoms with Crippen molar-refractivity contribution in [3.05, 3.63) is 60.2 Å². The summed E-state index contributed by atoms with van der Waals surface area (Å²) in [6.07, 6.45) is 5.66. The van der Waals surface area contributed by atoms with Crippen LogP contribution in [0.1, 0.15) is 37.8 Å². The number of aromatic nitrogens is 1. The van der Waals surface area contributed by atoms with Crippen LogP contribution in [0.4, 0.5) is 0 Å². The first-order chi connectivity index (χ1) is 11.2. The molecule has 0 aliphatic heterocycles. The minimum absolute atomic E-state index is 0.782. The summed E-state index contributed by atoms with van der Waals surface area (Å²) >= 11 is 0. The van der Waals surface area contributed by atoms with Gasteiger partial charge >= 0.3 is 0 Å². The van der Waals surface area contributed by atoms with Crippen LogP contribution in [-0.2, 0) is 13.0 Å². The summed E-state index contributed by atoms with van der Waals surface area (Å²) in [6.45, 7) is 11.6. The number of para-hydroxylation sites is 1. The summed E-state index contributed by atoms with van der Waals surface area (Å²) in [5.74, 6) is 0.782. The van der Waals surface area contributed by atoms with Crippen LogP contribution in [0.5, 0.6) is 0 Å². The van der Waals surface area contributed by atoms with E-state index < -0.39 is 0 Å². The van der Waals surface area contributed by atoms with Crippen LogP contribution in [0.25, 0.3) is 21.8 Å². The average molecular weight is 305 g/mol. The second kappa shape index (κ2) is 6.62. The monoisotopic (exact) mass is 305 g/mol. The number of benzene rings is 2. The van der Waals surface area contributed by atoms with Crippen molar-refractivity contribution in [3.8, 4) is 0 Å². The first kappa shape index (κ1) is 15.9. The third-order valence-corrected chi connectivity index (χ3v) is 5.04. The summed E-state index contributed by atoms with van der Waals surface area (Å²) in [7, 11) is 0. The Balaban J connectivity index is 2.22. The number of fused-ring (bicyclic) bond motifs is 3. The zero-order valence-corrected chi connectivity index (χ0v) is 14.6. The first-order valence-electron chi connectivity index (χ1n) is 8.77. The van der Waals surface area contributed by atoms with Gasteiger partial charge in [0.1, 0.15) is 0 Å². The van der Waals surface area contributed by atoms with E-state index in [1.165, 1.54) is 45.8 Å². The van der Waals surface area contributed by atoms with Crippen molar-refractivity contribution < 1.29 is 0 Å². The molecule has 0 spiro atoms. The minimum atomic E-state index is 0.782. The van der Waals surface area contributed by atoms with Crippen LogP contribution in [0.15, 0.2) is 49.1 Å². The number of hydrogen-bond donors (Lipinski definition) is 0. The molecular formula is C22H27N. The molecule has 120 valence electrons. The number of allylic oxidation sites excluding steroid dienone is 1. The summed E-state index contributed by atoms with van der Waals surface area (Å²) < 4.78 is 2.43. The molecule has 3 aromatic rings. The molecule has 1 nitrogen and oxygen atoms in total. The van der Waals surface area contributed by atoms with E-state index in [2.05, 4.69) is 68.3 Å². The molecule has 2 aromatic carbocycles. The molecule has 0 fully saturated rings. The second-order valence-corrected chi connectivity index (χ2v) is 6.79. The van der Waals surface area contributed by atoms with E-state index in [0.717, 1.165) is 18.9 Å². The molecule has 0 aliphatic rings. The lowest BCUT2D eigenvalue weighted by Crippen LogP contribution is -2.00. The van der Waals surface area contributed by atoms with Gasteiger partial charge < -0.3 is 4.57 Å². The van der Waals surface area contributed by atoms with Crippen molar-refractivity contribution in [2.24, 2.45) is 5.92 Å². The summed E-state index contributed by atoms with van der Waals surface area (Å²) in [5.41, 5.74) is 5.51. The highest BCUT2D eigenvalue weighted by Crippen LogP contribution is 2.33. The second-order valence-electron chi connectivity index (χ2n) is 6.79. The molecule has 0 saturated carbocycles. The van der Waals surface area contributed by atoms with Crippen LogP contribution < -0.4 is 0 Å². The van der Waals surface area contributed by atoms with Gasteiger partial charge in [0.2, 0.25) is 0 Å². The predicted molar refractivity (Wildman–Crippen MR) is 102 cm³/mol. The maximum absolute atomic E-state index is 3.96. The van der Waals surface area contributed by atoms with Gasteiger partial charge in [0.25, 0.3) is 0 Å². The normalized spacial score (nSPS) is 12.8. The lowest BCUT2D eigenvalue weighted by atomic mass is 9.97. The predicted octanol–water partition coefficient (Wildman–Crippen LogP) is 6.27. The molecule has 0 amide bonds. The standard InChI is InChI=1S/C22H27N/c1-5-14-23-21-13-11-17(4)15-20(21)19-9-7-8-18(22(19)23)12-10-16(3)6-2/h5,7-9,11,13,15-16H,1,6,10,12,14H2,2-4H3. The molecule has 23 heavy (non-hydrogen) atoms. The topological polar surface area (TPSA) is 4.93 Å². The number of aryl methyl sites for hydroxylation is 2. The highest BCUT2D eigenvalue weighted by atomic mass is 15.0. The molecule has 1 heteroatoms. The highest BCUT2D eigenvalue weighted by molar-refractivity contribution is 6.09. The Morgan fingerprint density at radius 3 is 2.74 bits per heavy atom. The van der Waals surface area contributed by atoms with Crippen LogP contribution in [0, 0.1) is 12.8 Å². The van der Waals surface area contributed by atoms with Crippen molar-refractivity contribution in [2.45, 2.75) is 46.6 Å². The fourth-order valence-corrected chi connectivity index (χ4v) is 3.48. The van der Waals surface area contributed by atoms with E-state index >= 15 is 0 Å². The zero-order chi connectivity index (χ0) is 16.4. The van der Waals surface area contributed by atoms with Crippen molar-refractivity contribution in [1.82, 2.24) is 4.57 Å². The van der Waals surface area contributed by atoms with Crippen LogP contribution in [0.3, 0.4) is 0 Å². The number of nitrogens with zero attached hydrogens (tertiary/aromatic N) is 1. The van der Waals surface area contributed by atoms with Gasteiger partial charge in [-0.3, -0.25) is 0 Å². The van der Waals surface area contributed by atoms with E-state index in [0.29, 0.717) is 0 Å². The fraction of sp³-hybridized carbons (Fsp3) is 0.364. The van der Waals surface area contributed by atoms with E-state index in [1.54, 1.807) is 0 Å². The van der Waals surface area contributed by atoms with Gasteiger partial charge in [-0.15, -0.1) is 6.58 Å². The largest absolute Gasteiger partial charge is 0.336 e. The molecule has 0 bridgehead atoms. The SMILES string of the molecule is C=CCn1c2ccc(C)cc2c2cccc(CCC(C)CC)c21. The van der Waals surface area contributed by atoms with E-state index in [1.807, 2.05) is 6.08 Å². The molecule has 1 aromatic heterocycles. The Morgan fingerprint density at radius 1 is 1.17 bits per heavy atom. The molecule has 0 saturated heterocycles. The van der Waals surface area contributed by atoms with E-state index in [9.17, 15) is 0 Å². The Hall–Kier alpha value is -2.02. The maximum atomic E-state index is 3.96. The van der Waals surface area contributed by atoms with Gasteiger partial charge in [-0.2, -0.15) is 0 Å². The summed E-state index contributed by atoms with van der Waals surface area (Å²) in [4.78, 5) is 0. The van der Waals surface area contributed by atoms with Crippen LogP contribution in [-0.4, -0.2) is 4.57 Å². The average Bonchev–Trinajstić information content (AvgIpc) is 2.87. The molecular weight excluding hydrogens is 278 g/mol. The van der Waals surface area contributed by atoms with E-state index in [-0.39, 0.29) is 0 Å². The third kappa shape index (κ3) is 2.93. The summed E-state index contributed by atoms with van der Waals surface area (Å²) in [5, 5.41) is 2.75. The van der Waals surface area contributed by atoms with Crippen LogP contribution >= 0.6 is 0 Å². The number of hydrogen-bond acceptors (Lipinski definition) is 0. The van der Waals surface area contributed by atoms with Gasteiger partial charge in [-0.05, 0) is 43.4 Å². The lowest BCUT2D eigenvalue weighted by molar-refractivity contribution is 0.517. The molecule has 0 N–H and O–H groups in total.